The van der Waals surface area contributed by atoms with Gasteiger partial charge in [-0.1, -0.05) is 232 Å². The molecule has 68 heavy (non-hydrogen) atoms. The predicted molar refractivity (Wildman–Crippen MR) is 290 cm³/mol. The summed E-state index contributed by atoms with van der Waals surface area (Å²) < 4.78 is 0. The van der Waals surface area contributed by atoms with Gasteiger partial charge in [0, 0.05) is 27.7 Å². The third-order valence-electron chi connectivity index (χ3n) is 14.7. The van der Waals surface area contributed by atoms with Gasteiger partial charge in [-0.05, 0) is 129 Å². The van der Waals surface area contributed by atoms with E-state index in [1.807, 2.05) is 0 Å². The maximum atomic E-state index is 2.57. The fraction of sp³-hybridized carbons (Fsp3) is 0.0448. The molecule has 0 spiro atoms. The molecule has 1 nitrogen and oxygen atoms in total. The van der Waals surface area contributed by atoms with Crippen LogP contribution >= 0.6 is 0 Å². The summed E-state index contributed by atoms with van der Waals surface area (Å²) in [7, 11) is 0. The Labute approximate surface area is 397 Å². The summed E-state index contributed by atoms with van der Waals surface area (Å²) in [4.78, 5) is 2.57. The van der Waals surface area contributed by atoms with Crippen LogP contribution in [0.5, 0.6) is 0 Å². The minimum absolute atomic E-state index is 0.189. The Morgan fingerprint density at radius 1 is 0.279 bits per heavy atom. The number of nitrogens with zero attached hydrogens (tertiary/aromatic N) is 1. The molecule has 0 amide bonds. The van der Waals surface area contributed by atoms with Crippen LogP contribution in [0.3, 0.4) is 0 Å². The van der Waals surface area contributed by atoms with Crippen molar-refractivity contribution in [2.45, 2.75) is 19.3 Å². The van der Waals surface area contributed by atoms with Crippen molar-refractivity contribution in [1.82, 2.24) is 0 Å². The molecule has 0 N–H and O–H groups in total. The lowest BCUT2D eigenvalue weighted by Crippen LogP contribution is -2.17. The molecule has 0 bridgehead atoms. The minimum Gasteiger partial charge on any atom is -0.309 e. The van der Waals surface area contributed by atoms with Gasteiger partial charge < -0.3 is 4.90 Å². The quantitative estimate of drug-likeness (QED) is 0.144. The number of benzene rings is 12. The highest BCUT2D eigenvalue weighted by atomic mass is 15.1. The second-order valence-electron chi connectivity index (χ2n) is 18.8. The first-order chi connectivity index (χ1) is 33.5. The van der Waals surface area contributed by atoms with Crippen LogP contribution in [0.4, 0.5) is 17.1 Å². The molecule has 0 heterocycles. The molecule has 12 aromatic carbocycles. The molecule has 0 radical (unpaired) electrons. The number of fused-ring (bicyclic) bond motifs is 10. The second kappa shape index (κ2) is 15.8. The summed E-state index contributed by atoms with van der Waals surface area (Å²) in [6.07, 6.45) is 0. The summed E-state index contributed by atoms with van der Waals surface area (Å²) in [5, 5.41) is 9.92. The SMILES string of the molecule is CC1(C)c2ccccc2-c2ccc(N(c3ccc(-c4ccc5ccccc5c4)cc3)c3c(-c4ccccc4-c4ccccc4-c4ccccc4)ccc4c5ccccc5c5ccccc5c34)cc21. The number of rotatable bonds is 7. The van der Waals surface area contributed by atoms with Gasteiger partial charge in [0.2, 0.25) is 0 Å². The maximum Gasteiger partial charge on any atom is 0.0625 e. The lowest BCUT2D eigenvalue weighted by Gasteiger charge is -2.32. The summed E-state index contributed by atoms with van der Waals surface area (Å²) in [6, 6.07) is 92.3. The highest BCUT2D eigenvalue weighted by molar-refractivity contribution is 6.30. The highest BCUT2D eigenvalue weighted by Crippen LogP contribution is 2.54. The van der Waals surface area contributed by atoms with Gasteiger partial charge >= 0.3 is 0 Å². The molecule has 1 heteroatoms. The first-order valence-electron chi connectivity index (χ1n) is 23.8. The van der Waals surface area contributed by atoms with Crippen LogP contribution in [0.2, 0.25) is 0 Å². The zero-order valence-electron chi connectivity index (χ0n) is 38.1. The Hall–Kier alpha value is -8.52. The van der Waals surface area contributed by atoms with Crippen molar-refractivity contribution in [3.63, 3.8) is 0 Å². The van der Waals surface area contributed by atoms with Crippen LogP contribution in [-0.4, -0.2) is 0 Å². The van der Waals surface area contributed by atoms with E-state index in [-0.39, 0.29) is 5.41 Å². The van der Waals surface area contributed by atoms with Crippen molar-refractivity contribution in [2.75, 3.05) is 4.90 Å². The third kappa shape index (κ3) is 6.31. The van der Waals surface area contributed by atoms with E-state index in [4.69, 9.17) is 0 Å². The molecule has 0 aliphatic heterocycles. The van der Waals surface area contributed by atoms with Gasteiger partial charge in [-0.3, -0.25) is 0 Å². The average Bonchev–Trinajstić information content (AvgIpc) is 3.64. The Bertz CT molecular complexity index is 3900. The molecule has 0 fully saturated rings. The van der Waals surface area contributed by atoms with Crippen molar-refractivity contribution >= 4 is 60.2 Å². The fourth-order valence-corrected chi connectivity index (χ4v) is 11.4. The summed E-state index contributed by atoms with van der Waals surface area (Å²) >= 11 is 0. The molecule has 0 saturated carbocycles. The van der Waals surface area contributed by atoms with Crippen LogP contribution < -0.4 is 4.90 Å². The van der Waals surface area contributed by atoms with Crippen molar-refractivity contribution in [1.29, 1.82) is 0 Å². The largest absolute Gasteiger partial charge is 0.309 e. The van der Waals surface area contributed by atoms with Gasteiger partial charge in [-0.2, -0.15) is 0 Å². The van der Waals surface area contributed by atoms with Gasteiger partial charge in [-0.15, -0.1) is 0 Å². The van der Waals surface area contributed by atoms with Crippen LogP contribution in [0.25, 0.3) is 98.7 Å². The maximum absolute atomic E-state index is 2.57. The van der Waals surface area contributed by atoms with E-state index < -0.39 is 0 Å². The molecular formula is C67H47N. The molecule has 320 valence electrons. The molecule has 0 atom stereocenters. The lowest BCUT2D eigenvalue weighted by molar-refractivity contribution is 0.660. The van der Waals surface area contributed by atoms with E-state index in [1.54, 1.807) is 0 Å². The highest BCUT2D eigenvalue weighted by Gasteiger charge is 2.36. The minimum atomic E-state index is -0.189. The summed E-state index contributed by atoms with van der Waals surface area (Å²) in [6.45, 7) is 4.76. The Morgan fingerprint density at radius 3 is 1.49 bits per heavy atom. The molecule has 12 aromatic rings. The van der Waals surface area contributed by atoms with E-state index in [0.717, 1.165) is 22.6 Å². The standard InChI is InChI=1S/C67H47N/c1-67(2)63-31-17-16-29-58(63)59-39-38-50(43-64(59)67)68(49-36-34-45(35-37-49)48-33-32-44-18-6-7-21-47(44)42-48)66-62(41-40-61-56-27-12-10-25-54(56)55-26-14-15-30-60(55)65(61)66)57-28-13-11-24-53(57)52-23-9-8-22-51(52)46-19-4-3-5-20-46/h3-43H,1-2H3. The topological polar surface area (TPSA) is 3.24 Å². The van der Waals surface area contributed by atoms with Crippen LogP contribution in [0.15, 0.2) is 249 Å². The molecule has 0 unspecified atom stereocenters. The molecular weight excluding hydrogens is 819 g/mol. The Morgan fingerprint density at radius 2 is 0.765 bits per heavy atom. The van der Waals surface area contributed by atoms with Gasteiger partial charge in [0.1, 0.15) is 0 Å². The normalized spacial score (nSPS) is 12.7. The molecule has 13 rings (SSSR count). The van der Waals surface area contributed by atoms with E-state index in [9.17, 15) is 0 Å². The average molecular weight is 866 g/mol. The van der Waals surface area contributed by atoms with Gasteiger partial charge in [0.25, 0.3) is 0 Å². The number of hydrogen-bond donors (Lipinski definition) is 0. The first-order valence-corrected chi connectivity index (χ1v) is 23.8. The Balaban J connectivity index is 1.13. The number of hydrogen-bond acceptors (Lipinski definition) is 1. The zero-order valence-corrected chi connectivity index (χ0v) is 38.1. The summed E-state index contributed by atoms with van der Waals surface area (Å²) in [5.74, 6) is 0. The number of anilines is 3. The van der Waals surface area contributed by atoms with Crippen LogP contribution in [-0.2, 0) is 5.41 Å². The smallest absolute Gasteiger partial charge is 0.0625 e. The van der Waals surface area contributed by atoms with E-state index in [2.05, 4.69) is 267 Å². The van der Waals surface area contributed by atoms with Crippen LogP contribution in [0.1, 0.15) is 25.0 Å². The predicted octanol–water partition coefficient (Wildman–Crippen LogP) is 18.7. The van der Waals surface area contributed by atoms with E-state index in [1.165, 1.54) is 104 Å². The van der Waals surface area contributed by atoms with E-state index in [0.29, 0.717) is 0 Å². The second-order valence-corrected chi connectivity index (χ2v) is 18.8. The van der Waals surface area contributed by atoms with Gasteiger partial charge in [0.05, 0.1) is 5.69 Å². The first kappa shape index (κ1) is 39.8. The summed E-state index contributed by atoms with van der Waals surface area (Å²) in [5.41, 5.74) is 18.0. The van der Waals surface area contributed by atoms with Crippen molar-refractivity contribution in [3.05, 3.63) is 260 Å². The Kier molecular flexibility index (Phi) is 9.27. The monoisotopic (exact) mass is 865 g/mol. The fourth-order valence-electron chi connectivity index (χ4n) is 11.4. The van der Waals surface area contributed by atoms with Gasteiger partial charge in [-0.25, -0.2) is 0 Å². The third-order valence-corrected chi connectivity index (χ3v) is 14.7. The van der Waals surface area contributed by atoms with Crippen molar-refractivity contribution in [3.8, 4) is 55.6 Å². The van der Waals surface area contributed by atoms with Crippen LogP contribution in [0, 0.1) is 0 Å². The molecule has 1 aliphatic carbocycles. The molecule has 0 saturated heterocycles. The molecule has 0 aromatic heterocycles. The van der Waals surface area contributed by atoms with Crippen molar-refractivity contribution in [2.24, 2.45) is 0 Å². The molecule has 1 aliphatic rings. The lowest BCUT2D eigenvalue weighted by atomic mass is 9.82. The van der Waals surface area contributed by atoms with Gasteiger partial charge in [0.15, 0.2) is 0 Å². The van der Waals surface area contributed by atoms with Crippen molar-refractivity contribution < 1.29 is 0 Å². The van der Waals surface area contributed by atoms with E-state index >= 15 is 0 Å². The zero-order chi connectivity index (χ0) is 45.3.